The Morgan fingerprint density at radius 3 is 2.25 bits per heavy atom. The zero-order chi connectivity index (χ0) is 8.77. The molecule has 0 atom stereocenters. The van der Waals surface area contributed by atoms with Crippen LogP contribution in [0.3, 0.4) is 0 Å². The first-order valence-electron chi connectivity index (χ1n) is 5.17. The van der Waals surface area contributed by atoms with Crippen molar-refractivity contribution in [1.29, 1.82) is 0 Å². The molecule has 0 unspecified atom stereocenters. The van der Waals surface area contributed by atoms with Gasteiger partial charge in [-0.3, -0.25) is 4.79 Å². The molecule has 0 aromatic rings. The predicted molar refractivity (Wildman–Crippen MR) is 48.9 cm³/mol. The summed E-state index contributed by atoms with van der Waals surface area (Å²) in [5.74, 6) is 1.20. The van der Waals surface area contributed by atoms with E-state index in [0.29, 0.717) is 17.1 Å². The van der Waals surface area contributed by atoms with Crippen molar-refractivity contribution in [3.8, 4) is 0 Å². The summed E-state index contributed by atoms with van der Waals surface area (Å²) < 4.78 is 0. The van der Waals surface area contributed by atoms with E-state index in [2.05, 4.69) is 0 Å². The fraction of sp³-hybridized carbons (Fsp3) is 0.909. The van der Waals surface area contributed by atoms with Gasteiger partial charge in [0.1, 0.15) is 5.78 Å². The van der Waals surface area contributed by atoms with Crippen molar-refractivity contribution in [3.05, 3.63) is 0 Å². The van der Waals surface area contributed by atoms with E-state index in [-0.39, 0.29) is 5.92 Å². The fourth-order valence-corrected chi connectivity index (χ4v) is 2.74. The molecule has 0 amide bonds. The van der Waals surface area contributed by atoms with Crippen LogP contribution in [0.25, 0.3) is 0 Å². The van der Waals surface area contributed by atoms with Crippen LogP contribution in [0.5, 0.6) is 0 Å². The van der Waals surface area contributed by atoms with E-state index in [0.717, 1.165) is 0 Å². The molecule has 2 rings (SSSR count). The Morgan fingerprint density at radius 1 is 1.33 bits per heavy atom. The molecule has 2 aliphatic carbocycles. The minimum atomic E-state index is 0.257. The van der Waals surface area contributed by atoms with E-state index in [1.165, 1.54) is 32.1 Å². The highest BCUT2D eigenvalue weighted by molar-refractivity contribution is 5.83. The van der Waals surface area contributed by atoms with Crippen molar-refractivity contribution in [2.75, 3.05) is 0 Å². The van der Waals surface area contributed by atoms with Crippen molar-refractivity contribution in [1.82, 2.24) is 0 Å². The molecule has 1 nitrogen and oxygen atoms in total. The molecule has 68 valence electrons. The first kappa shape index (κ1) is 8.28. The van der Waals surface area contributed by atoms with Crippen molar-refractivity contribution in [2.45, 2.75) is 46.0 Å². The first-order valence-corrected chi connectivity index (χ1v) is 5.17. The molecule has 0 aromatic carbocycles. The minimum Gasteiger partial charge on any atom is -0.299 e. The molecule has 1 heteroatoms. The predicted octanol–water partition coefficient (Wildman–Crippen LogP) is 2.79. The molecular formula is C11H18O. The monoisotopic (exact) mass is 166 g/mol. The summed E-state index contributed by atoms with van der Waals surface area (Å²) in [6.45, 7) is 4.04. The number of carbonyl (C=O) groups is 1. The van der Waals surface area contributed by atoms with E-state index in [4.69, 9.17) is 0 Å². The van der Waals surface area contributed by atoms with Crippen LogP contribution in [0.15, 0.2) is 0 Å². The van der Waals surface area contributed by atoms with Gasteiger partial charge >= 0.3 is 0 Å². The van der Waals surface area contributed by atoms with Crippen LogP contribution in [-0.4, -0.2) is 5.78 Å². The summed E-state index contributed by atoms with van der Waals surface area (Å²) >= 11 is 0. The first-order chi connectivity index (χ1) is 5.63. The van der Waals surface area contributed by atoms with Crippen LogP contribution < -0.4 is 0 Å². The molecule has 0 bridgehead atoms. The van der Waals surface area contributed by atoms with E-state index >= 15 is 0 Å². The number of hydrogen-bond acceptors (Lipinski definition) is 1. The molecule has 0 N–H and O–H groups in total. The van der Waals surface area contributed by atoms with Crippen LogP contribution in [0.1, 0.15) is 46.0 Å². The Hall–Kier alpha value is -0.330. The Bertz CT molecular complexity index is 193. The lowest BCUT2D eigenvalue weighted by molar-refractivity contribution is -0.137. The van der Waals surface area contributed by atoms with Gasteiger partial charge in [0.25, 0.3) is 0 Å². The molecule has 0 aliphatic heterocycles. The Balaban J connectivity index is 1.84. The maximum Gasteiger partial charge on any atom is 0.138 e. The molecule has 12 heavy (non-hydrogen) atoms. The van der Waals surface area contributed by atoms with Crippen LogP contribution in [0.2, 0.25) is 0 Å². The number of Topliss-reactive ketones (excluding diaryl/α,β-unsaturated/α-hetero) is 1. The lowest BCUT2D eigenvalue weighted by Gasteiger charge is -2.54. The van der Waals surface area contributed by atoms with Gasteiger partial charge < -0.3 is 0 Å². The summed E-state index contributed by atoms with van der Waals surface area (Å²) in [5.41, 5.74) is 0.662. The number of carbonyl (C=O) groups excluding carboxylic acids is 1. The SMILES string of the molecule is CC(C)C(=O)C1CC2(CCC2)C1. The normalized spacial score (nSPS) is 26.9. The second kappa shape index (κ2) is 2.58. The van der Waals surface area contributed by atoms with Crippen molar-refractivity contribution < 1.29 is 4.79 Å². The molecule has 2 saturated carbocycles. The minimum absolute atomic E-state index is 0.257. The van der Waals surface area contributed by atoms with Gasteiger partial charge in [-0.15, -0.1) is 0 Å². The van der Waals surface area contributed by atoms with Gasteiger partial charge in [0.05, 0.1) is 0 Å². The topological polar surface area (TPSA) is 17.1 Å². The van der Waals surface area contributed by atoms with Gasteiger partial charge in [-0.25, -0.2) is 0 Å². The third-order valence-electron chi connectivity index (χ3n) is 3.74. The summed E-state index contributed by atoms with van der Waals surface area (Å²) in [6, 6.07) is 0. The van der Waals surface area contributed by atoms with Crippen molar-refractivity contribution in [2.24, 2.45) is 17.3 Å². The molecule has 2 fully saturated rings. The van der Waals surface area contributed by atoms with Crippen molar-refractivity contribution >= 4 is 5.78 Å². The van der Waals surface area contributed by atoms with Gasteiger partial charge in [0, 0.05) is 11.8 Å². The highest BCUT2D eigenvalue weighted by Crippen LogP contribution is 2.59. The molecular weight excluding hydrogens is 148 g/mol. The average Bonchev–Trinajstić information content (AvgIpc) is 1.80. The smallest absolute Gasteiger partial charge is 0.138 e. The second-order valence-corrected chi connectivity index (χ2v) is 5.02. The third kappa shape index (κ3) is 1.10. The van der Waals surface area contributed by atoms with E-state index in [1.807, 2.05) is 13.8 Å². The summed E-state index contributed by atoms with van der Waals surface area (Å²) in [6.07, 6.45) is 6.63. The summed E-state index contributed by atoms with van der Waals surface area (Å²) in [5, 5.41) is 0. The van der Waals surface area contributed by atoms with E-state index < -0.39 is 0 Å². The van der Waals surface area contributed by atoms with Crippen LogP contribution in [0.4, 0.5) is 0 Å². The van der Waals surface area contributed by atoms with E-state index in [9.17, 15) is 4.79 Å². The highest BCUT2D eigenvalue weighted by atomic mass is 16.1. The van der Waals surface area contributed by atoms with E-state index in [1.54, 1.807) is 0 Å². The van der Waals surface area contributed by atoms with Crippen LogP contribution in [-0.2, 0) is 4.79 Å². The van der Waals surface area contributed by atoms with Gasteiger partial charge in [-0.1, -0.05) is 20.3 Å². The fourth-order valence-electron chi connectivity index (χ4n) is 2.74. The number of ketones is 1. The Morgan fingerprint density at radius 2 is 1.92 bits per heavy atom. The van der Waals surface area contributed by atoms with Gasteiger partial charge in [-0.05, 0) is 31.1 Å². The molecule has 0 heterocycles. The number of rotatable bonds is 2. The largest absolute Gasteiger partial charge is 0.299 e. The lowest BCUT2D eigenvalue weighted by Crippen LogP contribution is -2.46. The van der Waals surface area contributed by atoms with Gasteiger partial charge in [-0.2, -0.15) is 0 Å². The summed E-state index contributed by atoms with van der Waals surface area (Å²) in [4.78, 5) is 11.6. The highest BCUT2D eigenvalue weighted by Gasteiger charge is 2.50. The molecule has 0 radical (unpaired) electrons. The molecule has 1 spiro atoms. The molecule has 0 aromatic heterocycles. The standard InChI is InChI=1S/C11H18O/c1-8(2)10(12)9-6-11(7-9)4-3-5-11/h8-9H,3-7H2,1-2H3. The Labute approximate surface area is 74.5 Å². The average molecular weight is 166 g/mol. The second-order valence-electron chi connectivity index (χ2n) is 5.02. The maximum atomic E-state index is 11.6. The van der Waals surface area contributed by atoms with Crippen LogP contribution >= 0.6 is 0 Å². The zero-order valence-electron chi connectivity index (χ0n) is 8.10. The molecule has 0 saturated heterocycles. The Kier molecular flexibility index (Phi) is 1.78. The molecule has 2 aliphatic rings. The maximum absolute atomic E-state index is 11.6. The lowest BCUT2D eigenvalue weighted by atomic mass is 9.50. The number of hydrogen-bond donors (Lipinski definition) is 0. The summed E-state index contributed by atoms with van der Waals surface area (Å²) in [7, 11) is 0. The zero-order valence-corrected chi connectivity index (χ0v) is 8.10. The quantitative estimate of drug-likeness (QED) is 0.616. The van der Waals surface area contributed by atoms with Crippen molar-refractivity contribution in [3.63, 3.8) is 0 Å². The third-order valence-corrected chi connectivity index (χ3v) is 3.74. The van der Waals surface area contributed by atoms with Crippen LogP contribution in [0, 0.1) is 17.3 Å². The van der Waals surface area contributed by atoms with Gasteiger partial charge in [0.15, 0.2) is 0 Å². The van der Waals surface area contributed by atoms with Gasteiger partial charge in [0.2, 0.25) is 0 Å².